The third-order valence-electron chi connectivity index (χ3n) is 23.0. The Morgan fingerprint density at radius 2 is 0.364 bits per heavy atom. The minimum absolute atomic E-state index is 0. The molecule has 17 heteroatoms. The van der Waals surface area contributed by atoms with E-state index in [9.17, 15) is 45.1 Å². The zero-order chi connectivity index (χ0) is 87.2. The largest absolute Gasteiger partial charge is 2.00 e. The van der Waals surface area contributed by atoms with Gasteiger partial charge in [-0.3, -0.25) is 0 Å². The number of hydrogen-bond acceptors (Lipinski definition) is 14. The van der Waals surface area contributed by atoms with Crippen molar-refractivity contribution in [3.8, 4) is 0 Å². The molecule has 0 fully saturated rings. The van der Waals surface area contributed by atoms with Crippen LogP contribution in [-0.4, -0.2) is 114 Å². The molecule has 0 aliphatic heterocycles. The van der Waals surface area contributed by atoms with Gasteiger partial charge in [-0.05, 0) is 165 Å². The van der Waals surface area contributed by atoms with Crippen LogP contribution in [-0.2, 0) is 39.2 Å². The Bertz CT molecular complexity index is 2880. The number of allylic oxidation sites excluding steroid dienone is 8. The SMILES string of the molecule is CCCCCCCCCCC/C=C/CCCCCCCCCOC(=O)c1ccc(S(=O)(=O)[O-])cc1C(=O)OCCCCCCCCC/C=C/CCCCCCCCCCC.CCCCCCCCCCC/C=C/CCCCCCCCCOC(=O)c1ccc(S(=O)(=O)[O-])cc1C(=O)OCCCCCCCCC/C=C/CCCCCCCCCCC.[Ca+2]. The van der Waals surface area contributed by atoms with Crippen molar-refractivity contribution >= 4 is 81.9 Å². The normalized spacial score (nSPS) is 11.8. The molecule has 0 aliphatic carbocycles. The summed E-state index contributed by atoms with van der Waals surface area (Å²) in [4.78, 5) is 50.7. The molecule has 2 aromatic carbocycles. The maximum Gasteiger partial charge on any atom is 2.00 e. The predicted molar refractivity (Wildman–Crippen MR) is 507 cm³/mol. The number of unbranched alkanes of at least 4 members (excludes halogenated alkanes) is 64. The molecule has 0 atom stereocenters. The Kier molecular flexibility index (Phi) is 85.7. The van der Waals surface area contributed by atoms with E-state index in [4.69, 9.17) is 18.9 Å². The van der Waals surface area contributed by atoms with E-state index < -0.39 is 53.9 Å². The molecule has 2 aromatic rings. The van der Waals surface area contributed by atoms with Gasteiger partial charge in [0.15, 0.2) is 0 Å². The van der Waals surface area contributed by atoms with Crippen molar-refractivity contribution in [1.29, 1.82) is 0 Å². The molecule has 0 unspecified atom stereocenters. The molecule has 0 bridgehead atoms. The third-order valence-corrected chi connectivity index (χ3v) is 24.7. The van der Waals surface area contributed by atoms with E-state index in [1.165, 1.54) is 346 Å². The van der Waals surface area contributed by atoms with Crippen LogP contribution in [0.2, 0.25) is 0 Å². The van der Waals surface area contributed by atoms with E-state index in [0.29, 0.717) is 25.7 Å². The molecule has 2 rings (SSSR count). The van der Waals surface area contributed by atoms with Gasteiger partial charge in [0.1, 0.15) is 20.2 Å². The minimum atomic E-state index is -4.82. The smallest absolute Gasteiger partial charge is 0.744 e. The van der Waals surface area contributed by atoms with Crippen LogP contribution in [0.5, 0.6) is 0 Å². The summed E-state index contributed by atoms with van der Waals surface area (Å²) in [7, 11) is -9.64. The van der Waals surface area contributed by atoms with Crippen LogP contribution in [0.25, 0.3) is 0 Å². The first-order valence-corrected chi connectivity index (χ1v) is 52.9. The maximum atomic E-state index is 13.0. The fourth-order valence-electron chi connectivity index (χ4n) is 15.2. The Hall–Kier alpha value is -3.64. The summed E-state index contributed by atoms with van der Waals surface area (Å²) < 4.78 is 91.9. The number of ether oxygens (including phenoxy) is 4. The second kappa shape index (κ2) is 88.4. The quantitative estimate of drug-likeness (QED) is 0.0150. The van der Waals surface area contributed by atoms with E-state index in [1.807, 2.05) is 0 Å². The summed E-state index contributed by atoms with van der Waals surface area (Å²) in [5.74, 6) is -3.10. The standard InChI is InChI=1S/2C52H90O7S.Ca/c2*1-3-5-7-9-11-13-15-17-19-21-23-25-27-29-31-33-35-37-39-41-45-58-51(53)49-44-43-48(60(55,56)57)47-50(49)52(54)59-46-42-40-38-36-34-32-30-28-26-24-22-20-18-16-14-12-10-8-6-4-2;/h2*23-26,43-44,47H,3-22,27-42,45-46H2,1-2H3,(H,55,56,57);/q;;+2/p-2/b2*25-23+,26-24+;. The van der Waals surface area contributed by atoms with Crippen LogP contribution in [0.1, 0.15) is 531 Å². The average Bonchev–Trinajstić information content (AvgIpc) is 0.813. The van der Waals surface area contributed by atoms with Gasteiger partial charge in [-0.1, -0.05) is 410 Å². The van der Waals surface area contributed by atoms with Crippen molar-refractivity contribution < 1.29 is 64.1 Å². The monoisotopic (exact) mass is 1760 g/mol. The number of carbonyl (C=O) groups excluding carboxylic acids is 4. The van der Waals surface area contributed by atoms with Gasteiger partial charge in [-0.2, -0.15) is 0 Å². The topological polar surface area (TPSA) is 220 Å². The molecule has 0 aromatic heterocycles. The summed E-state index contributed by atoms with van der Waals surface area (Å²) in [6.45, 7) is 9.79. The van der Waals surface area contributed by atoms with Crippen molar-refractivity contribution in [1.82, 2.24) is 0 Å². The fraction of sp³-hybridized carbons (Fsp3) is 0.769. The molecule has 0 spiro atoms. The number of rotatable bonds is 86. The van der Waals surface area contributed by atoms with Crippen molar-refractivity contribution in [3.63, 3.8) is 0 Å². The molecular formula is C104H178CaO14S2. The fourth-order valence-corrected chi connectivity index (χ4v) is 16.2. The predicted octanol–water partition coefficient (Wildman–Crippen LogP) is 31.8. The van der Waals surface area contributed by atoms with E-state index >= 15 is 0 Å². The van der Waals surface area contributed by atoms with Crippen molar-refractivity contribution in [3.05, 3.63) is 107 Å². The van der Waals surface area contributed by atoms with E-state index in [-0.39, 0.29) is 86.4 Å². The Morgan fingerprint density at radius 1 is 0.223 bits per heavy atom. The number of benzene rings is 2. The summed E-state index contributed by atoms with van der Waals surface area (Å²) in [6, 6.07) is 6.29. The summed E-state index contributed by atoms with van der Waals surface area (Å²) in [6.07, 6.45) is 107. The van der Waals surface area contributed by atoms with Gasteiger partial charge in [0.05, 0.1) is 58.5 Å². The van der Waals surface area contributed by atoms with Gasteiger partial charge in [0.25, 0.3) is 0 Å². The van der Waals surface area contributed by atoms with Crippen LogP contribution in [0.3, 0.4) is 0 Å². The van der Waals surface area contributed by atoms with Crippen LogP contribution < -0.4 is 0 Å². The molecule has 0 aliphatic rings. The molecule has 0 radical (unpaired) electrons. The van der Waals surface area contributed by atoms with Crippen LogP contribution in [0.4, 0.5) is 0 Å². The van der Waals surface area contributed by atoms with Gasteiger partial charge in [-0.15, -0.1) is 0 Å². The van der Waals surface area contributed by atoms with Gasteiger partial charge < -0.3 is 28.1 Å². The summed E-state index contributed by atoms with van der Waals surface area (Å²) >= 11 is 0. The minimum Gasteiger partial charge on any atom is -0.744 e. The van der Waals surface area contributed by atoms with Gasteiger partial charge in [-0.25, -0.2) is 36.0 Å². The van der Waals surface area contributed by atoms with Crippen LogP contribution >= 0.6 is 0 Å². The van der Waals surface area contributed by atoms with Crippen molar-refractivity contribution in [2.75, 3.05) is 26.4 Å². The number of esters is 4. The molecule has 0 amide bonds. The Morgan fingerprint density at radius 3 is 0.521 bits per heavy atom. The second-order valence-corrected chi connectivity index (χ2v) is 37.0. The summed E-state index contributed by atoms with van der Waals surface area (Å²) in [5, 5.41) is 0. The average molecular weight is 1760 g/mol. The first kappa shape index (κ1) is 117. The molecule has 0 saturated carbocycles. The Labute approximate surface area is 773 Å². The first-order valence-electron chi connectivity index (χ1n) is 50.1. The molecule has 14 nitrogen and oxygen atoms in total. The molecule has 0 saturated heterocycles. The van der Waals surface area contributed by atoms with E-state index in [2.05, 4.69) is 76.3 Å². The zero-order valence-electron chi connectivity index (χ0n) is 78.1. The summed E-state index contributed by atoms with van der Waals surface area (Å²) in [5.41, 5.74) is -0.684. The molecular weight excluding hydrogens is 1580 g/mol. The maximum absolute atomic E-state index is 13.0. The van der Waals surface area contributed by atoms with Crippen molar-refractivity contribution in [2.24, 2.45) is 0 Å². The molecule has 121 heavy (non-hydrogen) atoms. The Balaban J connectivity index is 0.00000236. The first-order chi connectivity index (χ1) is 58.6. The molecule has 692 valence electrons. The van der Waals surface area contributed by atoms with Gasteiger partial charge in [0, 0.05) is 0 Å². The molecule has 0 N–H and O–H groups in total. The van der Waals surface area contributed by atoms with E-state index in [0.717, 1.165) is 127 Å². The van der Waals surface area contributed by atoms with E-state index in [1.54, 1.807) is 0 Å². The third kappa shape index (κ3) is 75.1. The van der Waals surface area contributed by atoms with Crippen LogP contribution in [0.15, 0.2) is 94.8 Å². The van der Waals surface area contributed by atoms with Crippen LogP contribution in [0, 0.1) is 0 Å². The van der Waals surface area contributed by atoms with Gasteiger partial charge in [0.2, 0.25) is 0 Å². The number of hydrogen-bond donors (Lipinski definition) is 0. The number of carbonyl (C=O) groups is 4. The van der Waals surface area contributed by atoms with Gasteiger partial charge >= 0.3 is 61.6 Å². The zero-order valence-corrected chi connectivity index (χ0v) is 81.9. The second-order valence-electron chi connectivity index (χ2n) is 34.3. The molecule has 0 heterocycles. The van der Waals surface area contributed by atoms with Crippen molar-refractivity contribution in [2.45, 2.75) is 500 Å².